The van der Waals surface area contributed by atoms with Crippen LogP contribution in [-0.2, 0) is 34.8 Å². The lowest BCUT2D eigenvalue weighted by molar-refractivity contribution is -0.163. The quantitative estimate of drug-likeness (QED) is 0.169. The molecule has 5 aromatic rings. The van der Waals surface area contributed by atoms with Crippen LogP contribution >= 0.6 is 23.1 Å². The topological polar surface area (TPSA) is 155 Å². The van der Waals surface area contributed by atoms with Crippen LogP contribution < -0.4 is 14.8 Å². The summed E-state index contributed by atoms with van der Waals surface area (Å²) >= 11 is 3.12. The van der Waals surface area contributed by atoms with Crippen molar-refractivity contribution in [2.45, 2.75) is 61.7 Å². The van der Waals surface area contributed by atoms with Crippen molar-refractivity contribution in [2.24, 2.45) is 0 Å². The number of hydrogen-bond acceptors (Lipinski definition) is 11. The van der Waals surface area contributed by atoms with Gasteiger partial charge in [-0.15, -0.1) is 23.1 Å². The summed E-state index contributed by atoms with van der Waals surface area (Å²) in [5, 5.41) is 4.29. The largest absolute Gasteiger partial charge is 0.486 e. The number of fused-ring (bicyclic) bond motifs is 2. The van der Waals surface area contributed by atoms with Crippen molar-refractivity contribution < 1.29 is 32.2 Å². The lowest BCUT2D eigenvalue weighted by Crippen LogP contribution is -2.41. The Morgan fingerprint density at radius 2 is 2.09 bits per heavy atom. The highest BCUT2D eigenvalue weighted by molar-refractivity contribution is 7.98. The maximum absolute atomic E-state index is 13.8. The van der Waals surface area contributed by atoms with Gasteiger partial charge in [-0.3, -0.25) is 14.0 Å². The Morgan fingerprint density at radius 1 is 1.26 bits per heavy atom. The molecule has 6 rings (SSSR count). The van der Waals surface area contributed by atoms with E-state index in [2.05, 4.69) is 15.0 Å². The number of nitrogens with zero attached hydrogens (tertiary/aromatic N) is 4. The first-order valence-corrected chi connectivity index (χ1v) is 17.9. The molecule has 2 aromatic carbocycles. The van der Waals surface area contributed by atoms with Crippen LogP contribution in [0.25, 0.3) is 16.0 Å². The van der Waals surface area contributed by atoms with Crippen LogP contribution in [0, 0.1) is 0 Å². The summed E-state index contributed by atoms with van der Waals surface area (Å²) in [5.74, 6) is -0.330. The van der Waals surface area contributed by atoms with Gasteiger partial charge in [0.2, 0.25) is 22.2 Å². The Kier molecular flexibility index (Phi) is 9.33. The van der Waals surface area contributed by atoms with Gasteiger partial charge >= 0.3 is 5.97 Å². The number of hydrogen-bond donors (Lipinski definition) is 2. The van der Waals surface area contributed by atoms with E-state index in [1.54, 1.807) is 36.3 Å². The fraction of sp³-hybridized carbons (Fsp3) is 0.333. The van der Waals surface area contributed by atoms with Crippen LogP contribution in [0.2, 0.25) is 0 Å². The van der Waals surface area contributed by atoms with E-state index < -0.39 is 34.4 Å². The summed E-state index contributed by atoms with van der Waals surface area (Å²) in [6.07, 6.45) is 3.83. The Morgan fingerprint density at radius 3 is 2.87 bits per heavy atom. The molecule has 3 unspecified atom stereocenters. The average Bonchev–Trinajstić information content (AvgIpc) is 3.78. The third-order valence-corrected chi connectivity index (χ3v) is 10.9. The summed E-state index contributed by atoms with van der Waals surface area (Å²) in [7, 11) is -4.26. The minimum Gasteiger partial charge on any atom is -0.486 e. The van der Waals surface area contributed by atoms with E-state index in [0.29, 0.717) is 11.4 Å². The van der Waals surface area contributed by atoms with Crippen LogP contribution in [-0.4, -0.2) is 64.3 Å². The van der Waals surface area contributed by atoms with Crippen molar-refractivity contribution in [3.05, 3.63) is 72.3 Å². The van der Waals surface area contributed by atoms with Crippen molar-refractivity contribution in [1.29, 1.82) is 0 Å². The third-order valence-electron chi connectivity index (χ3n) is 7.17. The number of amides is 1. The molecule has 3 aromatic heterocycles. The van der Waals surface area contributed by atoms with E-state index in [-0.39, 0.29) is 35.0 Å². The summed E-state index contributed by atoms with van der Waals surface area (Å²) in [6, 6.07) is 11.1. The SMILES string of the molecule is CCOC1OC(=O)CC1NS(=O)(=O)c1ccc(NC(C)=O)cc1O[C@H](C)C(SCc1cn2ccsc2n1)n1cnc2ccccc21. The van der Waals surface area contributed by atoms with Crippen molar-refractivity contribution >= 4 is 66.7 Å². The maximum atomic E-state index is 13.8. The van der Waals surface area contributed by atoms with Gasteiger partial charge in [0.05, 0.1) is 35.5 Å². The highest BCUT2D eigenvalue weighted by Gasteiger charge is 2.39. The molecule has 16 heteroatoms. The molecule has 1 fully saturated rings. The fourth-order valence-corrected chi connectivity index (χ4v) is 8.40. The summed E-state index contributed by atoms with van der Waals surface area (Å²) in [5.41, 5.74) is 2.93. The van der Waals surface area contributed by atoms with Gasteiger partial charge in [0.1, 0.15) is 22.1 Å². The van der Waals surface area contributed by atoms with E-state index in [4.69, 9.17) is 19.2 Å². The predicted molar refractivity (Wildman–Crippen MR) is 174 cm³/mol. The molecule has 1 aliphatic rings. The number of thioether (sulfide) groups is 1. The molecule has 242 valence electrons. The fourth-order valence-electron chi connectivity index (χ4n) is 5.21. The Labute approximate surface area is 273 Å². The lowest BCUT2D eigenvalue weighted by Gasteiger charge is -2.27. The van der Waals surface area contributed by atoms with Crippen molar-refractivity contribution in [2.75, 3.05) is 11.9 Å². The number of cyclic esters (lactones) is 1. The van der Waals surface area contributed by atoms with Crippen molar-refractivity contribution in [3.63, 3.8) is 0 Å². The molecule has 0 bridgehead atoms. The number of imidazole rings is 2. The molecule has 0 spiro atoms. The third kappa shape index (κ3) is 6.90. The van der Waals surface area contributed by atoms with Crippen LogP contribution in [0.4, 0.5) is 5.69 Å². The van der Waals surface area contributed by atoms with Gasteiger partial charge < -0.3 is 24.1 Å². The molecular formula is C30H32N6O7S3. The number of esters is 1. The number of carbonyl (C=O) groups excluding carboxylic acids is 2. The molecule has 1 amide bonds. The summed E-state index contributed by atoms with van der Waals surface area (Å²) in [6.45, 7) is 5.16. The summed E-state index contributed by atoms with van der Waals surface area (Å²) < 4.78 is 51.2. The van der Waals surface area contributed by atoms with Gasteiger partial charge in [0.15, 0.2) is 4.96 Å². The van der Waals surface area contributed by atoms with Crippen LogP contribution in [0.5, 0.6) is 5.75 Å². The number of ether oxygens (including phenoxy) is 3. The van der Waals surface area contributed by atoms with Gasteiger partial charge in [0.25, 0.3) is 0 Å². The van der Waals surface area contributed by atoms with Gasteiger partial charge in [0, 0.05) is 48.8 Å². The molecule has 2 N–H and O–H groups in total. The minimum atomic E-state index is -4.26. The molecule has 1 saturated heterocycles. The van der Waals surface area contributed by atoms with E-state index in [9.17, 15) is 18.0 Å². The zero-order valence-electron chi connectivity index (χ0n) is 25.2. The average molecular weight is 685 g/mol. The van der Waals surface area contributed by atoms with E-state index in [0.717, 1.165) is 21.7 Å². The highest BCUT2D eigenvalue weighted by Crippen LogP contribution is 2.37. The Hall–Kier alpha value is -3.96. The molecule has 1 aliphatic heterocycles. The number of aromatic nitrogens is 4. The predicted octanol–water partition coefficient (Wildman–Crippen LogP) is 4.56. The van der Waals surface area contributed by atoms with Gasteiger partial charge in [-0.2, -0.15) is 0 Å². The van der Waals surface area contributed by atoms with Gasteiger partial charge in [-0.25, -0.2) is 23.1 Å². The smallest absolute Gasteiger partial charge is 0.310 e. The Bertz CT molecular complexity index is 1960. The molecule has 4 heterocycles. The molecule has 0 radical (unpaired) electrons. The van der Waals surface area contributed by atoms with Gasteiger partial charge in [-0.05, 0) is 38.1 Å². The monoisotopic (exact) mass is 684 g/mol. The number of para-hydroxylation sites is 2. The number of sulfonamides is 1. The second-order valence-corrected chi connectivity index (χ2v) is 14.2. The number of carbonyl (C=O) groups is 2. The van der Waals surface area contributed by atoms with E-state index in [1.807, 2.05) is 57.9 Å². The standard InChI is InChI=1S/C30H32N6O7S3/c1-4-41-29-23(14-27(38)43-29)34-46(39,40)26-10-9-20(32-19(3)37)13-25(26)42-18(2)28(36-17-31-22-7-5-6-8-24(22)36)45-16-21-15-35-11-12-44-30(35)33-21/h5-13,15,17-18,23,28-29,34H,4,14,16H2,1-3H3,(H,32,37)/t18-,23?,28?,29?/m1/s1. The number of benzene rings is 2. The Balaban J connectivity index is 1.33. The normalized spacial score (nSPS) is 18.1. The first-order valence-electron chi connectivity index (χ1n) is 14.5. The molecular weight excluding hydrogens is 653 g/mol. The van der Waals surface area contributed by atoms with Gasteiger partial charge in [-0.1, -0.05) is 12.1 Å². The van der Waals surface area contributed by atoms with Crippen LogP contribution in [0.1, 0.15) is 38.3 Å². The zero-order valence-corrected chi connectivity index (χ0v) is 27.6. The van der Waals surface area contributed by atoms with Crippen molar-refractivity contribution in [3.8, 4) is 5.75 Å². The molecule has 0 saturated carbocycles. The minimum absolute atomic E-state index is 0.0157. The van der Waals surface area contributed by atoms with Crippen LogP contribution in [0.15, 0.2) is 71.5 Å². The molecule has 0 aliphatic carbocycles. The second-order valence-electron chi connectivity index (χ2n) is 10.6. The number of rotatable bonds is 13. The maximum Gasteiger partial charge on any atom is 0.310 e. The van der Waals surface area contributed by atoms with E-state index in [1.165, 1.54) is 25.1 Å². The number of anilines is 1. The summed E-state index contributed by atoms with van der Waals surface area (Å²) in [4.78, 5) is 33.9. The van der Waals surface area contributed by atoms with E-state index >= 15 is 0 Å². The number of thiazole rings is 1. The zero-order chi connectivity index (χ0) is 32.4. The second kappa shape index (κ2) is 13.4. The lowest BCUT2D eigenvalue weighted by atomic mass is 10.2. The molecule has 13 nitrogen and oxygen atoms in total. The first kappa shape index (κ1) is 32.0. The van der Waals surface area contributed by atoms with Crippen LogP contribution in [0.3, 0.4) is 0 Å². The first-order chi connectivity index (χ1) is 22.1. The van der Waals surface area contributed by atoms with Crippen molar-refractivity contribution in [1.82, 2.24) is 23.7 Å². The number of nitrogens with one attached hydrogen (secondary N) is 2. The molecule has 4 atom stereocenters. The highest BCUT2D eigenvalue weighted by atomic mass is 32.2. The molecule has 46 heavy (non-hydrogen) atoms.